The van der Waals surface area contributed by atoms with Crippen LogP contribution in [0.4, 0.5) is 11.6 Å². The van der Waals surface area contributed by atoms with Gasteiger partial charge in [-0.2, -0.15) is 5.10 Å². The summed E-state index contributed by atoms with van der Waals surface area (Å²) in [4.78, 5) is 11.5. The van der Waals surface area contributed by atoms with Crippen molar-refractivity contribution in [3.8, 4) is 29.2 Å². The van der Waals surface area contributed by atoms with Gasteiger partial charge in [-0.05, 0) is 49.7 Å². The van der Waals surface area contributed by atoms with Gasteiger partial charge in [0.05, 0.1) is 11.7 Å². The van der Waals surface area contributed by atoms with E-state index in [1.54, 1.807) is 10.9 Å². The van der Waals surface area contributed by atoms with Crippen LogP contribution in [0.25, 0.3) is 22.0 Å². The van der Waals surface area contributed by atoms with Crippen molar-refractivity contribution < 1.29 is 4.74 Å². The minimum atomic E-state index is 0.187. The van der Waals surface area contributed by atoms with E-state index in [0.29, 0.717) is 12.0 Å². The number of fused-ring (bicyclic) bond motifs is 1. The molecule has 3 heterocycles. The number of terminal acetylenes is 1. The highest BCUT2D eigenvalue weighted by Gasteiger charge is 2.30. The smallest absolute Gasteiger partial charge is 0.227 e. The number of nitrogens with zero attached hydrogens (tertiary/aromatic N) is 5. The molecule has 1 aliphatic rings. The fraction of sp³-hybridized carbons (Fsp3) is 0.269. The number of benzene rings is 2. The molecule has 5 rings (SSSR count). The van der Waals surface area contributed by atoms with Gasteiger partial charge >= 0.3 is 0 Å². The van der Waals surface area contributed by atoms with Crippen molar-refractivity contribution >= 4 is 22.5 Å². The summed E-state index contributed by atoms with van der Waals surface area (Å²) in [6, 6.07) is 12.3. The molecule has 0 saturated carbocycles. The lowest BCUT2D eigenvalue weighted by Gasteiger charge is -2.41. The number of hydrogen-bond acceptors (Lipinski definition) is 6. The Morgan fingerprint density at radius 1 is 1.12 bits per heavy atom. The Balaban J connectivity index is 1.43. The Morgan fingerprint density at radius 2 is 1.97 bits per heavy atom. The molecule has 1 saturated heterocycles. The zero-order chi connectivity index (χ0) is 22.9. The molecule has 7 heteroatoms. The molecule has 0 atom stereocenters. The van der Waals surface area contributed by atoms with Crippen molar-refractivity contribution in [3.63, 3.8) is 0 Å². The highest BCUT2D eigenvalue weighted by atomic mass is 16.5. The quantitative estimate of drug-likeness (QED) is 0.455. The van der Waals surface area contributed by atoms with Gasteiger partial charge in [0.1, 0.15) is 11.9 Å². The monoisotopic (exact) mass is 438 g/mol. The third kappa shape index (κ3) is 4.52. The topological polar surface area (TPSA) is 68.1 Å². The van der Waals surface area contributed by atoms with Crippen LogP contribution in [0.15, 0.2) is 55.0 Å². The van der Waals surface area contributed by atoms with E-state index in [9.17, 15) is 0 Å². The summed E-state index contributed by atoms with van der Waals surface area (Å²) >= 11 is 0. The van der Waals surface area contributed by atoms with Crippen LogP contribution in [0, 0.1) is 12.3 Å². The van der Waals surface area contributed by atoms with E-state index < -0.39 is 0 Å². The van der Waals surface area contributed by atoms with Gasteiger partial charge in [-0.25, -0.2) is 9.97 Å². The van der Waals surface area contributed by atoms with Crippen LogP contribution in [0.3, 0.4) is 0 Å². The average Bonchev–Trinajstić information content (AvgIpc) is 3.21. The normalized spacial score (nSPS) is 14.3. The van der Waals surface area contributed by atoms with Gasteiger partial charge in [0.15, 0.2) is 0 Å². The summed E-state index contributed by atoms with van der Waals surface area (Å²) < 4.78 is 8.10. The maximum Gasteiger partial charge on any atom is 0.227 e. The van der Waals surface area contributed by atoms with Crippen LogP contribution in [0.5, 0.6) is 5.75 Å². The van der Waals surface area contributed by atoms with Crippen LogP contribution in [-0.2, 0) is 7.05 Å². The standard InChI is InChI=1S/C26H26N6O/c1-5-18-6-7-25-20(8-18)12-27-26(30-25)29-22-9-19(21-13-28-31(4)14-21)10-23(11-22)33-24-15-32(16-24)17(2)3/h1,6-14,17,24H,15-16H2,2-4H3,(H,27,29,30). The summed E-state index contributed by atoms with van der Waals surface area (Å²) in [6.07, 6.45) is 11.3. The first-order valence-corrected chi connectivity index (χ1v) is 11.0. The molecule has 166 valence electrons. The fourth-order valence-electron chi connectivity index (χ4n) is 3.95. The Bertz CT molecular complexity index is 1350. The first-order chi connectivity index (χ1) is 16.0. The van der Waals surface area contributed by atoms with E-state index >= 15 is 0 Å². The zero-order valence-electron chi connectivity index (χ0n) is 19.0. The molecule has 2 aromatic carbocycles. The zero-order valence-corrected chi connectivity index (χ0v) is 19.0. The Kier molecular flexibility index (Phi) is 5.45. The van der Waals surface area contributed by atoms with Gasteiger partial charge in [0.25, 0.3) is 0 Å². The molecule has 0 aliphatic carbocycles. The second kappa shape index (κ2) is 8.57. The van der Waals surface area contributed by atoms with Crippen LogP contribution >= 0.6 is 0 Å². The number of anilines is 2. The van der Waals surface area contributed by atoms with Crippen molar-refractivity contribution in [1.82, 2.24) is 24.6 Å². The fourth-order valence-corrected chi connectivity index (χ4v) is 3.95. The number of ether oxygens (including phenoxy) is 1. The molecule has 0 radical (unpaired) electrons. The molecule has 0 spiro atoms. The summed E-state index contributed by atoms with van der Waals surface area (Å²) in [7, 11) is 1.91. The molecule has 2 aromatic heterocycles. The lowest BCUT2D eigenvalue weighted by atomic mass is 10.1. The Hall–Kier alpha value is -3.89. The van der Waals surface area contributed by atoms with Crippen LogP contribution < -0.4 is 10.1 Å². The lowest BCUT2D eigenvalue weighted by molar-refractivity contribution is 0.000211. The maximum absolute atomic E-state index is 6.31. The van der Waals surface area contributed by atoms with E-state index in [1.807, 2.05) is 43.7 Å². The van der Waals surface area contributed by atoms with Gasteiger partial charge < -0.3 is 10.1 Å². The number of likely N-dealkylation sites (tertiary alicyclic amines) is 1. The number of nitrogens with one attached hydrogen (secondary N) is 1. The van der Waals surface area contributed by atoms with Gasteiger partial charge in [-0.3, -0.25) is 9.58 Å². The number of rotatable bonds is 6. The van der Waals surface area contributed by atoms with Crippen LogP contribution in [0.2, 0.25) is 0 Å². The SMILES string of the molecule is C#Cc1ccc2nc(Nc3cc(OC4CN(C(C)C)C4)cc(-c4cnn(C)c4)c3)ncc2c1. The van der Waals surface area contributed by atoms with E-state index in [-0.39, 0.29) is 6.10 Å². The largest absolute Gasteiger partial charge is 0.488 e. The van der Waals surface area contributed by atoms with Gasteiger partial charge in [-0.15, -0.1) is 6.42 Å². The van der Waals surface area contributed by atoms with Crippen molar-refractivity contribution in [2.45, 2.75) is 26.0 Å². The van der Waals surface area contributed by atoms with Gasteiger partial charge in [0, 0.05) is 66.8 Å². The molecular formula is C26H26N6O. The molecule has 7 nitrogen and oxygen atoms in total. The third-order valence-corrected chi connectivity index (χ3v) is 5.86. The molecule has 1 fully saturated rings. The van der Waals surface area contributed by atoms with Crippen molar-refractivity contribution in [3.05, 3.63) is 60.6 Å². The maximum atomic E-state index is 6.31. The Morgan fingerprint density at radius 3 is 2.70 bits per heavy atom. The number of aryl methyl sites for hydroxylation is 1. The minimum absolute atomic E-state index is 0.187. The van der Waals surface area contributed by atoms with E-state index in [1.165, 1.54) is 0 Å². The second-order valence-corrected chi connectivity index (χ2v) is 8.67. The number of hydrogen-bond donors (Lipinski definition) is 1. The van der Waals surface area contributed by atoms with E-state index in [2.05, 4.69) is 57.2 Å². The Labute approximate surface area is 193 Å². The first kappa shape index (κ1) is 21.0. The van der Waals surface area contributed by atoms with E-state index in [4.69, 9.17) is 11.2 Å². The molecule has 1 N–H and O–H groups in total. The predicted octanol–water partition coefficient (Wildman–Crippen LogP) is 4.23. The summed E-state index contributed by atoms with van der Waals surface area (Å²) in [5.41, 5.74) is 4.53. The first-order valence-electron chi connectivity index (χ1n) is 11.0. The van der Waals surface area contributed by atoms with Gasteiger partial charge in [0.2, 0.25) is 5.95 Å². The van der Waals surface area contributed by atoms with Crippen LogP contribution in [-0.4, -0.2) is 49.9 Å². The van der Waals surface area contributed by atoms with Crippen molar-refractivity contribution in [1.29, 1.82) is 0 Å². The molecule has 1 aliphatic heterocycles. The number of aromatic nitrogens is 4. The average molecular weight is 439 g/mol. The highest BCUT2D eigenvalue weighted by molar-refractivity contribution is 5.81. The highest BCUT2D eigenvalue weighted by Crippen LogP contribution is 2.31. The van der Waals surface area contributed by atoms with Crippen LogP contribution in [0.1, 0.15) is 19.4 Å². The molecule has 0 amide bonds. The summed E-state index contributed by atoms with van der Waals surface area (Å²) in [5.74, 6) is 3.97. The predicted molar refractivity (Wildman–Crippen MR) is 131 cm³/mol. The van der Waals surface area contributed by atoms with E-state index in [0.717, 1.165) is 52.1 Å². The molecule has 0 unspecified atom stereocenters. The van der Waals surface area contributed by atoms with Crippen molar-refractivity contribution in [2.75, 3.05) is 18.4 Å². The van der Waals surface area contributed by atoms with Gasteiger partial charge in [-0.1, -0.05) is 5.92 Å². The molecular weight excluding hydrogens is 412 g/mol. The van der Waals surface area contributed by atoms with Crippen molar-refractivity contribution in [2.24, 2.45) is 7.05 Å². The third-order valence-electron chi connectivity index (χ3n) is 5.86. The molecule has 33 heavy (non-hydrogen) atoms. The lowest BCUT2D eigenvalue weighted by Crippen LogP contribution is -2.56. The summed E-state index contributed by atoms with van der Waals surface area (Å²) in [6.45, 7) is 6.28. The minimum Gasteiger partial charge on any atom is -0.488 e. The summed E-state index contributed by atoms with van der Waals surface area (Å²) in [5, 5.41) is 8.56. The molecule has 0 bridgehead atoms. The molecule has 4 aromatic rings. The second-order valence-electron chi connectivity index (χ2n) is 8.67.